The Labute approximate surface area is 349 Å². The van der Waals surface area contributed by atoms with Crippen LogP contribution in [-0.2, 0) is 36.8 Å². The van der Waals surface area contributed by atoms with Crippen molar-refractivity contribution in [2.24, 2.45) is 5.41 Å². The van der Waals surface area contributed by atoms with E-state index in [0.29, 0.717) is 22.7 Å². The third-order valence-corrected chi connectivity index (χ3v) is 11.2. The maximum Gasteiger partial charge on any atom is 0.331 e. The number of amides is 2. The van der Waals surface area contributed by atoms with E-state index in [1.165, 1.54) is 9.58 Å². The lowest BCUT2D eigenvalue weighted by molar-refractivity contribution is -0.136. The topological polar surface area (TPSA) is 145 Å². The number of ether oxygens (including phenoxy) is 2. The number of carbonyl (C=O) groups excluding carboxylic acids is 2. The summed E-state index contributed by atoms with van der Waals surface area (Å²) in [6, 6.07) is 18.1. The van der Waals surface area contributed by atoms with Crippen molar-refractivity contribution in [3.05, 3.63) is 100 Å². The Hall–Kier alpha value is -5.72. The van der Waals surface area contributed by atoms with Crippen molar-refractivity contribution in [2.75, 3.05) is 47.4 Å². The van der Waals surface area contributed by atoms with Crippen molar-refractivity contribution in [1.82, 2.24) is 20.1 Å². The van der Waals surface area contributed by atoms with Crippen molar-refractivity contribution in [3.63, 3.8) is 0 Å². The number of urea groups is 1. The number of nitrogens with zero attached hydrogens (tertiary/aromatic N) is 6. The van der Waals surface area contributed by atoms with Gasteiger partial charge in [0.2, 0.25) is 0 Å². The lowest BCUT2D eigenvalue weighted by Gasteiger charge is -2.39. The molecule has 1 saturated heterocycles. The van der Waals surface area contributed by atoms with Crippen LogP contribution in [0.2, 0.25) is 0 Å². The molecule has 3 heterocycles. The van der Waals surface area contributed by atoms with Crippen molar-refractivity contribution in [2.45, 2.75) is 86.9 Å². The number of hydrogen-bond acceptors (Lipinski definition) is 9. The van der Waals surface area contributed by atoms with Crippen LogP contribution in [-0.4, -0.2) is 63.8 Å². The molecule has 1 spiro atoms. The summed E-state index contributed by atoms with van der Waals surface area (Å²) in [6.07, 6.45) is 0.957. The summed E-state index contributed by atoms with van der Waals surface area (Å²) in [5, 5.41) is 7.72. The Morgan fingerprint density at radius 1 is 1.03 bits per heavy atom. The number of fused-ring (bicyclic) bond motifs is 2. The van der Waals surface area contributed by atoms with E-state index < -0.39 is 29.1 Å². The van der Waals surface area contributed by atoms with Crippen LogP contribution in [0.25, 0.3) is 21.8 Å². The molecule has 4 aromatic rings. The zero-order chi connectivity index (χ0) is 42.9. The van der Waals surface area contributed by atoms with E-state index in [2.05, 4.69) is 74.3 Å². The summed E-state index contributed by atoms with van der Waals surface area (Å²) in [5.74, 6) is -2.07. The van der Waals surface area contributed by atoms with Crippen molar-refractivity contribution in [1.29, 1.82) is 0 Å². The lowest BCUT2D eigenvalue weighted by atomic mass is 9.72. The molecule has 312 valence electrons. The quantitative estimate of drug-likeness (QED) is 0.101. The van der Waals surface area contributed by atoms with Gasteiger partial charge in [-0.05, 0) is 117 Å². The van der Waals surface area contributed by atoms with Gasteiger partial charge >= 0.3 is 23.3 Å². The molecule has 15 heteroatoms. The van der Waals surface area contributed by atoms with Crippen LogP contribution >= 0.6 is 0 Å². The molecule has 1 aromatic heterocycles. The number of benzene rings is 3. The van der Waals surface area contributed by atoms with Crippen LogP contribution in [0.1, 0.15) is 84.3 Å². The lowest BCUT2D eigenvalue weighted by Crippen LogP contribution is -2.56. The molecule has 3 aromatic carbocycles. The Bertz CT molecular complexity index is 2340. The largest absolute Gasteiger partial charge is 0.463 e. The third kappa shape index (κ3) is 8.42. The maximum atomic E-state index is 14.2. The Kier molecular flexibility index (Phi) is 12.3. The molecule has 2 atom stereocenters. The Morgan fingerprint density at radius 3 is 2.37 bits per heavy atom. The average Bonchev–Trinajstić information content (AvgIpc) is 3.65. The van der Waals surface area contributed by atoms with Crippen molar-refractivity contribution >= 4 is 45.9 Å². The molecule has 0 radical (unpaired) electrons. The van der Waals surface area contributed by atoms with Crippen molar-refractivity contribution < 1.29 is 27.5 Å². The van der Waals surface area contributed by atoms with Crippen LogP contribution in [0.5, 0.6) is 5.75 Å². The summed E-state index contributed by atoms with van der Waals surface area (Å²) >= 11 is -1.92. The van der Waals surface area contributed by atoms with Gasteiger partial charge < -0.3 is 23.9 Å². The van der Waals surface area contributed by atoms with Gasteiger partial charge in [0, 0.05) is 36.6 Å². The van der Waals surface area contributed by atoms with Gasteiger partial charge in [-0.3, -0.25) is 9.62 Å². The molecule has 6 rings (SSSR count). The van der Waals surface area contributed by atoms with Gasteiger partial charge in [0.1, 0.15) is 11.3 Å². The minimum Gasteiger partial charge on any atom is -0.463 e. The standard InChI is InChI=1S/C44H54N8O6S/c1-12-50(13-2)33-21-22-34(29(5)25-33)51-41(54)46-23-24-57-44(51)37(45-11)36(40(53)56-14-3)39-47-38(48-52(39)44)30-16-19-32(20-17-30)49-59(55)58-35-26-31(18-15-28(35)4)43(9,10)27-42(6,7)8/h15-22,25-26,49H,12-14,23-24,27H2,1-10H3,(H,46,54). The zero-order valence-corrected chi connectivity index (χ0v) is 36.4. The number of nitrogens with one attached hydrogen (secondary N) is 2. The molecule has 0 aliphatic carbocycles. The average molecular weight is 823 g/mol. The highest BCUT2D eigenvalue weighted by Gasteiger charge is 2.59. The SMILES string of the molecule is [C-]#[N+]C1=C(C(=O)OCC)c2nc(-c3ccc(NS(=O)Oc4cc(C(C)(C)CC(C)(C)C)ccc4C)cc3)nn2C12OCCNC(=O)N2c1ccc(N(CC)CC)cc1C. The maximum absolute atomic E-state index is 14.2. The van der Waals surface area contributed by atoms with Crippen LogP contribution in [0, 0.1) is 25.8 Å². The van der Waals surface area contributed by atoms with E-state index in [1.807, 2.05) is 44.2 Å². The zero-order valence-electron chi connectivity index (χ0n) is 35.6. The highest BCUT2D eigenvalue weighted by molar-refractivity contribution is 7.82. The third-order valence-electron chi connectivity index (χ3n) is 10.4. The van der Waals surface area contributed by atoms with Gasteiger partial charge in [-0.1, -0.05) is 46.8 Å². The van der Waals surface area contributed by atoms with Gasteiger partial charge in [-0.25, -0.2) is 19.4 Å². The van der Waals surface area contributed by atoms with Crippen molar-refractivity contribution in [3.8, 4) is 17.1 Å². The second-order valence-electron chi connectivity index (χ2n) is 16.5. The van der Waals surface area contributed by atoms with Gasteiger partial charge in [0.25, 0.3) is 11.5 Å². The second kappa shape index (κ2) is 16.9. The van der Waals surface area contributed by atoms with Crippen LogP contribution < -0.4 is 24.0 Å². The Morgan fingerprint density at radius 2 is 1.75 bits per heavy atom. The molecular weight excluding hydrogens is 769 g/mol. The number of aromatic nitrogens is 3. The number of rotatable bonds is 13. The van der Waals surface area contributed by atoms with Gasteiger partial charge in [0.15, 0.2) is 11.6 Å². The van der Waals surface area contributed by atoms with Gasteiger partial charge in [0.05, 0.1) is 25.5 Å². The van der Waals surface area contributed by atoms with E-state index in [4.69, 9.17) is 30.3 Å². The smallest absolute Gasteiger partial charge is 0.331 e. The molecule has 59 heavy (non-hydrogen) atoms. The molecule has 14 nitrogen and oxygen atoms in total. The van der Waals surface area contributed by atoms with E-state index in [1.54, 1.807) is 31.2 Å². The first kappa shape index (κ1) is 42.9. The number of aryl methyl sites for hydroxylation is 2. The number of esters is 1. The normalized spacial score (nSPS) is 17.2. The molecule has 2 aliphatic rings. The summed E-state index contributed by atoms with van der Waals surface area (Å²) in [4.78, 5) is 40.0. The van der Waals surface area contributed by atoms with Gasteiger partial charge in [-0.2, -0.15) is 8.89 Å². The minimum absolute atomic E-state index is 0.000646. The highest BCUT2D eigenvalue weighted by atomic mass is 32.2. The fourth-order valence-corrected chi connectivity index (χ4v) is 8.75. The molecular formula is C44H54N8O6S. The monoisotopic (exact) mass is 822 g/mol. The summed E-state index contributed by atoms with van der Waals surface area (Å²) in [7, 11) is 0. The number of hydrogen-bond donors (Lipinski definition) is 2. The minimum atomic E-state index is -2.01. The summed E-state index contributed by atoms with van der Waals surface area (Å²) < 4.78 is 35.4. The first-order valence-electron chi connectivity index (χ1n) is 19.9. The van der Waals surface area contributed by atoms with E-state index in [9.17, 15) is 13.8 Å². The first-order chi connectivity index (χ1) is 28.0. The highest BCUT2D eigenvalue weighted by Crippen LogP contribution is 2.48. The fourth-order valence-electron chi connectivity index (χ4n) is 8.03. The second-order valence-corrected chi connectivity index (χ2v) is 17.3. The number of anilines is 3. The predicted octanol–water partition coefficient (Wildman–Crippen LogP) is 8.26. The molecule has 0 saturated carbocycles. The molecule has 0 bridgehead atoms. The molecule has 2 unspecified atom stereocenters. The van der Waals surface area contributed by atoms with Crippen LogP contribution in [0.15, 0.2) is 66.4 Å². The molecule has 2 N–H and O–H groups in total. The first-order valence-corrected chi connectivity index (χ1v) is 21.0. The summed E-state index contributed by atoms with van der Waals surface area (Å²) in [6.45, 7) is 30.8. The van der Waals surface area contributed by atoms with Crippen LogP contribution in [0.3, 0.4) is 0 Å². The number of carbonyl (C=O) groups is 2. The van der Waals surface area contributed by atoms with E-state index in [0.717, 1.165) is 41.9 Å². The fraction of sp³-hybridized carbons (Fsp3) is 0.432. The molecule has 1 fully saturated rings. The summed E-state index contributed by atoms with van der Waals surface area (Å²) in [5.41, 5.74) is 4.84. The predicted molar refractivity (Wildman–Crippen MR) is 231 cm³/mol. The van der Waals surface area contributed by atoms with Crippen LogP contribution in [0.4, 0.5) is 21.9 Å². The molecule has 2 aliphatic heterocycles. The van der Waals surface area contributed by atoms with E-state index >= 15 is 0 Å². The van der Waals surface area contributed by atoms with E-state index in [-0.39, 0.29) is 53.5 Å². The Balaban J connectivity index is 1.35. The molecule has 2 amide bonds. The van der Waals surface area contributed by atoms with Gasteiger partial charge in [-0.15, -0.1) is 5.10 Å².